The smallest absolute Gasteiger partial charge is 0.0138 e. The maximum absolute atomic E-state index is 2.47. The first-order valence-corrected chi connectivity index (χ1v) is 5.84. The SMILES string of the molecule is CC1=C(C)C2C3CC(CC3C)C2C1. The standard InChI is InChI=1S/C13H20/c1-7-5-12-10-4-8(2)11(6-10)13(12)9(7)3/h8,10-13H,4-6H2,1-3H3. The molecular weight excluding hydrogens is 156 g/mol. The Morgan fingerprint density at radius 1 is 1.08 bits per heavy atom. The van der Waals surface area contributed by atoms with Gasteiger partial charge in [0.1, 0.15) is 0 Å². The minimum Gasteiger partial charge on any atom is -0.0738 e. The van der Waals surface area contributed by atoms with E-state index >= 15 is 0 Å². The molecule has 3 rings (SSSR count). The van der Waals surface area contributed by atoms with Crippen molar-refractivity contribution in [3.8, 4) is 0 Å². The monoisotopic (exact) mass is 176 g/mol. The van der Waals surface area contributed by atoms with Crippen LogP contribution in [0.5, 0.6) is 0 Å². The summed E-state index contributed by atoms with van der Waals surface area (Å²) >= 11 is 0. The van der Waals surface area contributed by atoms with Crippen molar-refractivity contribution in [3.05, 3.63) is 11.1 Å². The lowest BCUT2D eigenvalue weighted by atomic mass is 9.74. The second-order valence-electron chi connectivity index (χ2n) is 5.73. The molecule has 2 saturated carbocycles. The molecule has 0 N–H and O–H groups in total. The topological polar surface area (TPSA) is 0 Å². The predicted molar refractivity (Wildman–Crippen MR) is 55.3 cm³/mol. The lowest BCUT2D eigenvalue weighted by molar-refractivity contribution is 0.216. The zero-order chi connectivity index (χ0) is 9.16. The summed E-state index contributed by atoms with van der Waals surface area (Å²) in [6.45, 7) is 7.23. The van der Waals surface area contributed by atoms with Gasteiger partial charge in [0, 0.05) is 0 Å². The molecule has 2 fully saturated rings. The largest absolute Gasteiger partial charge is 0.0738 e. The van der Waals surface area contributed by atoms with Gasteiger partial charge in [-0.25, -0.2) is 0 Å². The fourth-order valence-corrected chi connectivity index (χ4v) is 4.53. The maximum Gasteiger partial charge on any atom is -0.0138 e. The van der Waals surface area contributed by atoms with E-state index in [0.29, 0.717) is 0 Å². The fourth-order valence-electron chi connectivity index (χ4n) is 4.53. The molecule has 0 aromatic carbocycles. The van der Waals surface area contributed by atoms with E-state index in [1.807, 2.05) is 0 Å². The highest BCUT2D eigenvalue weighted by molar-refractivity contribution is 5.27. The molecule has 3 aliphatic carbocycles. The van der Waals surface area contributed by atoms with Crippen LogP contribution in [0.4, 0.5) is 0 Å². The zero-order valence-electron chi connectivity index (χ0n) is 9.01. The van der Waals surface area contributed by atoms with Crippen LogP contribution in [0.15, 0.2) is 11.1 Å². The van der Waals surface area contributed by atoms with E-state index in [4.69, 9.17) is 0 Å². The van der Waals surface area contributed by atoms with Gasteiger partial charge in [-0.3, -0.25) is 0 Å². The Morgan fingerprint density at radius 2 is 1.85 bits per heavy atom. The first-order valence-electron chi connectivity index (χ1n) is 5.84. The van der Waals surface area contributed by atoms with Gasteiger partial charge in [-0.2, -0.15) is 0 Å². The van der Waals surface area contributed by atoms with Crippen LogP contribution in [-0.4, -0.2) is 0 Å². The van der Waals surface area contributed by atoms with Gasteiger partial charge in [-0.05, 0) is 62.7 Å². The second kappa shape index (κ2) is 2.40. The van der Waals surface area contributed by atoms with Crippen LogP contribution >= 0.6 is 0 Å². The van der Waals surface area contributed by atoms with Crippen molar-refractivity contribution in [1.29, 1.82) is 0 Å². The number of rotatable bonds is 0. The third-order valence-electron chi connectivity index (χ3n) is 5.22. The molecule has 5 atom stereocenters. The van der Waals surface area contributed by atoms with Crippen molar-refractivity contribution in [3.63, 3.8) is 0 Å². The van der Waals surface area contributed by atoms with Crippen LogP contribution in [0, 0.1) is 29.6 Å². The van der Waals surface area contributed by atoms with Gasteiger partial charge in [-0.15, -0.1) is 0 Å². The van der Waals surface area contributed by atoms with Crippen LogP contribution in [0.1, 0.15) is 40.0 Å². The van der Waals surface area contributed by atoms with Crippen LogP contribution in [0.2, 0.25) is 0 Å². The van der Waals surface area contributed by atoms with Gasteiger partial charge >= 0.3 is 0 Å². The average molecular weight is 176 g/mol. The molecule has 0 aliphatic heterocycles. The molecule has 0 spiro atoms. The molecule has 0 amide bonds. The highest BCUT2D eigenvalue weighted by Crippen LogP contribution is 2.62. The summed E-state index contributed by atoms with van der Waals surface area (Å²) in [5.41, 5.74) is 3.49. The van der Waals surface area contributed by atoms with Crippen molar-refractivity contribution in [2.24, 2.45) is 29.6 Å². The highest BCUT2D eigenvalue weighted by atomic mass is 14.6. The van der Waals surface area contributed by atoms with Crippen molar-refractivity contribution < 1.29 is 0 Å². The molecule has 72 valence electrons. The molecule has 13 heavy (non-hydrogen) atoms. The Morgan fingerprint density at radius 3 is 2.62 bits per heavy atom. The van der Waals surface area contributed by atoms with Crippen molar-refractivity contribution in [1.82, 2.24) is 0 Å². The molecule has 0 radical (unpaired) electrons. The number of allylic oxidation sites excluding steroid dienone is 2. The molecule has 0 aromatic rings. The molecule has 0 heteroatoms. The summed E-state index contributed by atoms with van der Waals surface area (Å²) in [4.78, 5) is 0. The van der Waals surface area contributed by atoms with Crippen LogP contribution in [-0.2, 0) is 0 Å². The van der Waals surface area contributed by atoms with E-state index in [0.717, 1.165) is 29.6 Å². The lowest BCUT2D eigenvalue weighted by Crippen LogP contribution is -2.24. The van der Waals surface area contributed by atoms with Crippen molar-refractivity contribution in [2.75, 3.05) is 0 Å². The molecular formula is C13H20. The Bertz CT molecular complexity index is 274. The molecule has 0 heterocycles. The molecule has 3 aliphatic rings. The van der Waals surface area contributed by atoms with Gasteiger partial charge in [0.2, 0.25) is 0 Å². The van der Waals surface area contributed by atoms with Crippen LogP contribution in [0.3, 0.4) is 0 Å². The summed E-state index contributed by atoms with van der Waals surface area (Å²) in [6.07, 6.45) is 4.53. The van der Waals surface area contributed by atoms with Crippen molar-refractivity contribution >= 4 is 0 Å². The summed E-state index contributed by atoms with van der Waals surface area (Å²) in [5, 5.41) is 0. The average Bonchev–Trinajstić information content (AvgIpc) is 2.66. The van der Waals surface area contributed by atoms with Crippen LogP contribution < -0.4 is 0 Å². The Hall–Kier alpha value is -0.260. The highest BCUT2D eigenvalue weighted by Gasteiger charge is 2.53. The van der Waals surface area contributed by atoms with Gasteiger partial charge < -0.3 is 0 Å². The van der Waals surface area contributed by atoms with E-state index in [1.165, 1.54) is 12.8 Å². The predicted octanol–water partition coefficient (Wildman–Crippen LogP) is 3.63. The van der Waals surface area contributed by atoms with Crippen molar-refractivity contribution in [2.45, 2.75) is 40.0 Å². The Balaban J connectivity index is 1.97. The van der Waals surface area contributed by atoms with Gasteiger partial charge in [0.25, 0.3) is 0 Å². The first-order chi connectivity index (χ1) is 6.18. The van der Waals surface area contributed by atoms with Crippen LogP contribution in [0.25, 0.3) is 0 Å². The first kappa shape index (κ1) is 8.08. The van der Waals surface area contributed by atoms with E-state index in [2.05, 4.69) is 20.8 Å². The Labute approximate surface area is 81.4 Å². The second-order valence-corrected chi connectivity index (χ2v) is 5.73. The summed E-state index contributed by atoms with van der Waals surface area (Å²) < 4.78 is 0. The number of hydrogen-bond acceptors (Lipinski definition) is 0. The van der Waals surface area contributed by atoms with E-state index in [9.17, 15) is 0 Å². The third-order valence-corrected chi connectivity index (χ3v) is 5.22. The summed E-state index contributed by atoms with van der Waals surface area (Å²) in [6, 6.07) is 0. The quantitative estimate of drug-likeness (QED) is 0.494. The minimum atomic E-state index is 1.01. The minimum absolute atomic E-state index is 1.01. The molecule has 0 aromatic heterocycles. The molecule has 2 bridgehead atoms. The molecule has 5 unspecified atom stereocenters. The van der Waals surface area contributed by atoms with Gasteiger partial charge in [0.15, 0.2) is 0 Å². The van der Waals surface area contributed by atoms with E-state index in [1.54, 1.807) is 17.6 Å². The number of hydrogen-bond donors (Lipinski definition) is 0. The van der Waals surface area contributed by atoms with E-state index in [-0.39, 0.29) is 0 Å². The van der Waals surface area contributed by atoms with Gasteiger partial charge in [-0.1, -0.05) is 18.1 Å². The fraction of sp³-hybridized carbons (Fsp3) is 0.846. The molecule has 0 saturated heterocycles. The molecule has 0 nitrogen and oxygen atoms in total. The zero-order valence-corrected chi connectivity index (χ0v) is 9.01. The summed E-state index contributed by atoms with van der Waals surface area (Å²) in [5.74, 6) is 5.26. The lowest BCUT2D eigenvalue weighted by Gasteiger charge is -2.30. The van der Waals surface area contributed by atoms with E-state index < -0.39 is 0 Å². The third kappa shape index (κ3) is 0.872. The Kier molecular flexibility index (Phi) is 1.49. The number of fused-ring (bicyclic) bond motifs is 5. The summed E-state index contributed by atoms with van der Waals surface area (Å²) in [7, 11) is 0. The maximum atomic E-state index is 2.47. The van der Waals surface area contributed by atoms with Gasteiger partial charge in [0.05, 0.1) is 0 Å². The normalized spacial score (nSPS) is 53.3.